The van der Waals surface area contributed by atoms with E-state index in [2.05, 4.69) is 30.7 Å². The third kappa shape index (κ3) is 4.09. The zero-order valence-corrected chi connectivity index (χ0v) is 10.4. The van der Waals surface area contributed by atoms with Crippen LogP contribution in [0.2, 0.25) is 0 Å². The van der Waals surface area contributed by atoms with Crippen molar-refractivity contribution < 1.29 is 5.11 Å². The first-order chi connectivity index (χ1) is 7.15. The number of hydrogen-bond donors (Lipinski definition) is 1. The molecule has 1 heterocycles. The minimum Gasteiger partial charge on any atom is -0.396 e. The van der Waals surface area contributed by atoms with Gasteiger partial charge in [0.05, 0.1) is 0 Å². The maximum atomic E-state index is 8.70. The summed E-state index contributed by atoms with van der Waals surface area (Å²) in [7, 11) is 2.22. The summed E-state index contributed by atoms with van der Waals surface area (Å²) in [6.45, 7) is 8.53. The smallest absolute Gasteiger partial charge is 0.0431 e. The van der Waals surface area contributed by atoms with Crippen LogP contribution in [0.4, 0.5) is 0 Å². The van der Waals surface area contributed by atoms with Crippen molar-refractivity contribution in [3.8, 4) is 0 Å². The van der Waals surface area contributed by atoms with Crippen molar-refractivity contribution in [2.45, 2.75) is 45.2 Å². The second-order valence-electron chi connectivity index (χ2n) is 4.91. The number of hydrogen-bond acceptors (Lipinski definition) is 3. The average Bonchev–Trinajstić information content (AvgIpc) is 2.21. The standard InChI is InChI=1S/C12H26N2O/c1-11-9-14(7-5-4-6-8-15)10-12(2)13(11)3/h11-12,15H,4-10H2,1-3H3. The molecule has 1 fully saturated rings. The van der Waals surface area contributed by atoms with Gasteiger partial charge >= 0.3 is 0 Å². The number of piperazine rings is 1. The van der Waals surface area contributed by atoms with E-state index in [9.17, 15) is 0 Å². The summed E-state index contributed by atoms with van der Waals surface area (Å²) < 4.78 is 0. The lowest BCUT2D eigenvalue weighted by molar-refractivity contribution is 0.0589. The number of aliphatic hydroxyl groups is 1. The first-order valence-corrected chi connectivity index (χ1v) is 6.20. The lowest BCUT2D eigenvalue weighted by Crippen LogP contribution is -2.54. The number of likely N-dealkylation sites (N-methyl/N-ethyl adjacent to an activating group) is 1. The van der Waals surface area contributed by atoms with Crippen LogP contribution in [0.5, 0.6) is 0 Å². The van der Waals surface area contributed by atoms with Crippen LogP contribution < -0.4 is 0 Å². The monoisotopic (exact) mass is 214 g/mol. The molecule has 0 aliphatic carbocycles. The van der Waals surface area contributed by atoms with Gasteiger partial charge in [0.1, 0.15) is 0 Å². The maximum Gasteiger partial charge on any atom is 0.0431 e. The summed E-state index contributed by atoms with van der Waals surface area (Å²) in [5.74, 6) is 0. The Morgan fingerprint density at radius 3 is 2.20 bits per heavy atom. The molecule has 1 saturated heterocycles. The zero-order valence-electron chi connectivity index (χ0n) is 10.4. The molecule has 0 aromatic carbocycles. The molecule has 1 rings (SSSR count). The molecule has 2 unspecified atom stereocenters. The zero-order chi connectivity index (χ0) is 11.3. The summed E-state index contributed by atoms with van der Waals surface area (Å²) >= 11 is 0. The molecule has 0 aromatic heterocycles. The predicted molar refractivity (Wildman–Crippen MR) is 64.1 cm³/mol. The molecule has 1 aliphatic heterocycles. The van der Waals surface area contributed by atoms with Crippen molar-refractivity contribution in [1.29, 1.82) is 0 Å². The van der Waals surface area contributed by atoms with Gasteiger partial charge in [-0.15, -0.1) is 0 Å². The topological polar surface area (TPSA) is 26.7 Å². The molecule has 0 bridgehead atoms. The van der Waals surface area contributed by atoms with Gasteiger partial charge in [-0.1, -0.05) is 0 Å². The van der Waals surface area contributed by atoms with Crippen LogP contribution in [0.15, 0.2) is 0 Å². The van der Waals surface area contributed by atoms with Crippen LogP contribution in [-0.2, 0) is 0 Å². The second kappa shape index (κ2) is 6.46. The Hall–Kier alpha value is -0.120. The summed E-state index contributed by atoms with van der Waals surface area (Å²) in [5.41, 5.74) is 0. The summed E-state index contributed by atoms with van der Waals surface area (Å²) in [6.07, 6.45) is 3.34. The van der Waals surface area contributed by atoms with Gasteiger partial charge in [-0.25, -0.2) is 0 Å². The van der Waals surface area contributed by atoms with E-state index in [0.717, 1.165) is 12.8 Å². The van der Waals surface area contributed by atoms with Gasteiger partial charge < -0.3 is 10.0 Å². The van der Waals surface area contributed by atoms with E-state index < -0.39 is 0 Å². The summed E-state index contributed by atoms with van der Waals surface area (Å²) in [6, 6.07) is 1.35. The van der Waals surface area contributed by atoms with Crippen LogP contribution in [-0.4, -0.2) is 60.3 Å². The molecule has 1 aliphatic rings. The molecule has 3 nitrogen and oxygen atoms in total. The lowest BCUT2D eigenvalue weighted by Gasteiger charge is -2.42. The van der Waals surface area contributed by atoms with Gasteiger partial charge in [0.15, 0.2) is 0 Å². The maximum absolute atomic E-state index is 8.70. The summed E-state index contributed by atoms with van der Waals surface area (Å²) in [5, 5.41) is 8.70. The van der Waals surface area contributed by atoms with Gasteiger partial charge in [0.2, 0.25) is 0 Å². The third-order valence-corrected chi connectivity index (χ3v) is 3.57. The van der Waals surface area contributed by atoms with E-state index in [1.54, 1.807) is 0 Å². The molecule has 3 heteroatoms. The average molecular weight is 214 g/mol. The molecule has 0 amide bonds. The number of rotatable bonds is 5. The molecular weight excluding hydrogens is 188 g/mol. The fraction of sp³-hybridized carbons (Fsp3) is 1.00. The Balaban J connectivity index is 2.20. The number of aliphatic hydroxyl groups excluding tert-OH is 1. The van der Waals surface area contributed by atoms with E-state index >= 15 is 0 Å². The molecule has 0 saturated carbocycles. The van der Waals surface area contributed by atoms with Crippen molar-refractivity contribution >= 4 is 0 Å². The van der Waals surface area contributed by atoms with Crippen molar-refractivity contribution in [2.24, 2.45) is 0 Å². The molecule has 2 atom stereocenters. The minimum absolute atomic E-state index is 0.343. The van der Waals surface area contributed by atoms with Crippen LogP contribution in [0.3, 0.4) is 0 Å². The van der Waals surface area contributed by atoms with Gasteiger partial charge in [0, 0.05) is 31.8 Å². The van der Waals surface area contributed by atoms with Crippen molar-refractivity contribution in [1.82, 2.24) is 9.80 Å². The molecule has 0 spiro atoms. The van der Waals surface area contributed by atoms with E-state index in [1.807, 2.05) is 0 Å². The second-order valence-corrected chi connectivity index (χ2v) is 4.91. The Morgan fingerprint density at radius 2 is 1.67 bits per heavy atom. The summed E-state index contributed by atoms with van der Waals surface area (Å²) in [4.78, 5) is 5.02. The van der Waals surface area contributed by atoms with E-state index in [0.29, 0.717) is 18.7 Å². The highest BCUT2D eigenvalue weighted by Crippen LogP contribution is 2.13. The normalized spacial score (nSPS) is 29.6. The Bertz CT molecular complexity index is 163. The first kappa shape index (κ1) is 12.9. The molecule has 0 aromatic rings. The molecule has 15 heavy (non-hydrogen) atoms. The number of nitrogens with zero attached hydrogens (tertiary/aromatic N) is 2. The van der Waals surface area contributed by atoms with Crippen LogP contribution in [0.1, 0.15) is 33.1 Å². The third-order valence-electron chi connectivity index (χ3n) is 3.57. The fourth-order valence-electron chi connectivity index (χ4n) is 2.32. The highest BCUT2D eigenvalue weighted by atomic mass is 16.2. The lowest BCUT2D eigenvalue weighted by atomic mass is 10.1. The van der Waals surface area contributed by atoms with Crippen LogP contribution in [0.25, 0.3) is 0 Å². The highest BCUT2D eigenvalue weighted by Gasteiger charge is 2.25. The molecule has 0 radical (unpaired) electrons. The predicted octanol–water partition coefficient (Wildman–Crippen LogP) is 1.17. The Labute approximate surface area is 94.1 Å². The van der Waals surface area contributed by atoms with Crippen LogP contribution in [0, 0.1) is 0 Å². The van der Waals surface area contributed by atoms with Crippen molar-refractivity contribution in [3.05, 3.63) is 0 Å². The minimum atomic E-state index is 0.343. The first-order valence-electron chi connectivity index (χ1n) is 6.20. The van der Waals surface area contributed by atoms with E-state index in [1.165, 1.54) is 26.1 Å². The van der Waals surface area contributed by atoms with E-state index in [4.69, 9.17) is 5.11 Å². The Morgan fingerprint density at radius 1 is 1.07 bits per heavy atom. The SMILES string of the molecule is CC1CN(CCCCCO)CC(C)N1C. The Kier molecular flexibility index (Phi) is 5.58. The van der Waals surface area contributed by atoms with Crippen molar-refractivity contribution in [2.75, 3.05) is 33.3 Å². The van der Waals surface area contributed by atoms with Gasteiger partial charge in [-0.05, 0) is 46.7 Å². The molecule has 1 N–H and O–H groups in total. The van der Waals surface area contributed by atoms with E-state index in [-0.39, 0.29) is 0 Å². The quantitative estimate of drug-likeness (QED) is 0.696. The highest BCUT2D eigenvalue weighted by molar-refractivity contribution is 4.82. The van der Waals surface area contributed by atoms with Crippen LogP contribution >= 0.6 is 0 Å². The van der Waals surface area contributed by atoms with Gasteiger partial charge in [0.25, 0.3) is 0 Å². The molecular formula is C12H26N2O. The van der Waals surface area contributed by atoms with Gasteiger partial charge in [-0.3, -0.25) is 4.90 Å². The fourth-order valence-corrected chi connectivity index (χ4v) is 2.32. The number of unbranched alkanes of at least 4 members (excludes halogenated alkanes) is 2. The largest absolute Gasteiger partial charge is 0.396 e. The van der Waals surface area contributed by atoms with Crippen molar-refractivity contribution in [3.63, 3.8) is 0 Å². The molecule has 90 valence electrons. The van der Waals surface area contributed by atoms with Gasteiger partial charge in [-0.2, -0.15) is 0 Å².